The zero-order valence-electron chi connectivity index (χ0n) is 9.65. The molecular weight excluding hydrogens is 208 g/mol. The molecule has 1 aromatic carbocycles. The van der Waals surface area contributed by atoms with Gasteiger partial charge in [-0.25, -0.2) is 0 Å². The maximum atomic E-state index is 11.0. The highest BCUT2D eigenvalue weighted by molar-refractivity contribution is 5.74. The minimum Gasteiger partial charge on any atom is -0.508 e. The summed E-state index contributed by atoms with van der Waals surface area (Å²) in [5.41, 5.74) is -0.198. The van der Waals surface area contributed by atoms with E-state index in [1.807, 2.05) is 0 Å². The zero-order valence-corrected chi connectivity index (χ0v) is 9.65. The molecule has 0 amide bonds. The van der Waals surface area contributed by atoms with Gasteiger partial charge in [-0.15, -0.1) is 0 Å². The molecule has 0 fully saturated rings. The van der Waals surface area contributed by atoms with Crippen molar-refractivity contribution in [2.75, 3.05) is 7.11 Å². The van der Waals surface area contributed by atoms with Crippen molar-refractivity contribution in [2.24, 2.45) is 5.41 Å². The topological polar surface area (TPSA) is 66.8 Å². The summed E-state index contributed by atoms with van der Waals surface area (Å²) in [6, 6.07) is 4.67. The van der Waals surface area contributed by atoms with Gasteiger partial charge in [0.2, 0.25) is 0 Å². The minimum absolute atomic E-state index is 0.108. The molecule has 0 atom stereocenters. The van der Waals surface area contributed by atoms with Crippen LogP contribution in [0, 0.1) is 5.41 Å². The summed E-state index contributed by atoms with van der Waals surface area (Å²) in [7, 11) is 1.52. The Morgan fingerprint density at radius 2 is 2.06 bits per heavy atom. The first-order valence-corrected chi connectivity index (χ1v) is 4.96. The van der Waals surface area contributed by atoms with E-state index in [9.17, 15) is 9.90 Å². The molecule has 0 aliphatic heterocycles. The number of phenols is 1. The highest BCUT2D eigenvalue weighted by Gasteiger charge is 2.28. The van der Waals surface area contributed by atoms with Crippen molar-refractivity contribution in [3.05, 3.63) is 23.8 Å². The molecule has 0 saturated heterocycles. The van der Waals surface area contributed by atoms with Crippen molar-refractivity contribution in [2.45, 2.75) is 20.3 Å². The Morgan fingerprint density at radius 3 is 2.56 bits per heavy atom. The van der Waals surface area contributed by atoms with Gasteiger partial charge in [0, 0.05) is 0 Å². The summed E-state index contributed by atoms with van der Waals surface area (Å²) >= 11 is 0. The van der Waals surface area contributed by atoms with Crippen LogP contribution < -0.4 is 4.74 Å². The number of carboxylic acid groups (broad SMARTS) is 1. The second-order valence-electron chi connectivity index (χ2n) is 4.36. The molecule has 0 unspecified atom stereocenters. The van der Waals surface area contributed by atoms with E-state index >= 15 is 0 Å². The Hall–Kier alpha value is -1.71. The van der Waals surface area contributed by atoms with Crippen molar-refractivity contribution in [1.29, 1.82) is 0 Å². The molecule has 1 aromatic rings. The molecule has 4 heteroatoms. The third-order valence-corrected chi connectivity index (χ3v) is 2.48. The first kappa shape index (κ1) is 12.4. The molecule has 0 spiro atoms. The Bertz CT molecular complexity index is 396. The van der Waals surface area contributed by atoms with Crippen LogP contribution in [0.15, 0.2) is 18.2 Å². The van der Waals surface area contributed by atoms with Crippen molar-refractivity contribution in [3.63, 3.8) is 0 Å². The van der Waals surface area contributed by atoms with Gasteiger partial charge < -0.3 is 14.9 Å². The number of hydrogen-bond acceptors (Lipinski definition) is 3. The summed E-state index contributed by atoms with van der Waals surface area (Å²) < 4.78 is 5.12. The van der Waals surface area contributed by atoms with Gasteiger partial charge in [0.05, 0.1) is 12.5 Å². The molecule has 0 aromatic heterocycles. The van der Waals surface area contributed by atoms with Gasteiger partial charge in [0.15, 0.2) is 0 Å². The average molecular weight is 224 g/mol. The lowest BCUT2D eigenvalue weighted by Crippen LogP contribution is -2.26. The number of aliphatic carboxylic acids is 1. The molecule has 0 aliphatic carbocycles. The number of hydrogen-bond donors (Lipinski definition) is 2. The van der Waals surface area contributed by atoms with Crippen LogP contribution in [0.5, 0.6) is 11.5 Å². The number of rotatable bonds is 4. The largest absolute Gasteiger partial charge is 0.508 e. The van der Waals surface area contributed by atoms with E-state index in [1.165, 1.54) is 19.2 Å². The number of methoxy groups -OCH3 is 1. The second kappa shape index (κ2) is 4.43. The van der Waals surface area contributed by atoms with Crippen LogP contribution in [0.1, 0.15) is 19.4 Å². The third kappa shape index (κ3) is 2.66. The molecule has 0 saturated carbocycles. The van der Waals surface area contributed by atoms with Gasteiger partial charge in [-0.1, -0.05) is 0 Å². The maximum Gasteiger partial charge on any atom is 0.309 e. The van der Waals surface area contributed by atoms with Crippen LogP contribution in [0.2, 0.25) is 0 Å². The van der Waals surface area contributed by atoms with E-state index in [0.717, 1.165) is 0 Å². The quantitative estimate of drug-likeness (QED) is 0.821. The predicted molar refractivity (Wildman–Crippen MR) is 59.8 cm³/mol. The number of ether oxygens (including phenoxy) is 1. The standard InChI is InChI=1S/C12H16O4/c1-12(2,11(14)15)7-8-6-9(13)4-5-10(8)16-3/h4-6,13H,7H2,1-3H3,(H,14,15). The number of phenolic OH excluding ortho intramolecular Hbond substituents is 1. The van der Waals surface area contributed by atoms with Crippen molar-refractivity contribution < 1.29 is 19.7 Å². The normalized spacial score (nSPS) is 11.2. The van der Waals surface area contributed by atoms with Gasteiger partial charge in [-0.05, 0) is 44.0 Å². The molecular formula is C12H16O4. The number of carbonyl (C=O) groups is 1. The molecule has 16 heavy (non-hydrogen) atoms. The lowest BCUT2D eigenvalue weighted by molar-refractivity contribution is -0.146. The monoisotopic (exact) mass is 224 g/mol. The van der Waals surface area contributed by atoms with E-state index in [2.05, 4.69) is 0 Å². The first-order valence-electron chi connectivity index (χ1n) is 4.96. The fraction of sp³-hybridized carbons (Fsp3) is 0.417. The average Bonchev–Trinajstić information content (AvgIpc) is 2.17. The highest BCUT2D eigenvalue weighted by Crippen LogP contribution is 2.30. The number of carboxylic acids is 1. The van der Waals surface area contributed by atoms with E-state index < -0.39 is 11.4 Å². The molecule has 0 bridgehead atoms. The smallest absolute Gasteiger partial charge is 0.309 e. The Labute approximate surface area is 94.5 Å². The van der Waals surface area contributed by atoms with Crippen LogP contribution >= 0.6 is 0 Å². The fourth-order valence-corrected chi connectivity index (χ4v) is 1.45. The summed E-state index contributed by atoms with van der Waals surface area (Å²) in [4.78, 5) is 11.0. The van der Waals surface area contributed by atoms with Gasteiger partial charge >= 0.3 is 5.97 Å². The summed E-state index contributed by atoms with van der Waals surface area (Å²) in [5, 5.41) is 18.4. The summed E-state index contributed by atoms with van der Waals surface area (Å²) in [6.45, 7) is 3.28. The Balaban J connectivity index is 3.04. The summed E-state index contributed by atoms with van der Waals surface area (Å²) in [6.07, 6.45) is 0.305. The lowest BCUT2D eigenvalue weighted by Gasteiger charge is -2.20. The maximum absolute atomic E-state index is 11.0. The van der Waals surface area contributed by atoms with Crippen LogP contribution in [-0.2, 0) is 11.2 Å². The van der Waals surface area contributed by atoms with Gasteiger partial charge in [0.1, 0.15) is 11.5 Å². The first-order chi connectivity index (χ1) is 7.36. The van der Waals surface area contributed by atoms with Gasteiger partial charge in [0.25, 0.3) is 0 Å². The number of benzene rings is 1. The highest BCUT2D eigenvalue weighted by atomic mass is 16.5. The van der Waals surface area contributed by atoms with Crippen molar-refractivity contribution in [3.8, 4) is 11.5 Å². The van der Waals surface area contributed by atoms with Crippen LogP contribution in [0.25, 0.3) is 0 Å². The van der Waals surface area contributed by atoms with E-state index in [0.29, 0.717) is 17.7 Å². The molecule has 0 aliphatic rings. The van der Waals surface area contributed by atoms with E-state index in [1.54, 1.807) is 19.9 Å². The lowest BCUT2D eigenvalue weighted by atomic mass is 9.85. The van der Waals surface area contributed by atoms with E-state index in [4.69, 9.17) is 9.84 Å². The molecule has 0 heterocycles. The zero-order chi connectivity index (χ0) is 12.3. The third-order valence-electron chi connectivity index (χ3n) is 2.48. The molecule has 4 nitrogen and oxygen atoms in total. The SMILES string of the molecule is COc1ccc(O)cc1CC(C)(C)C(=O)O. The Morgan fingerprint density at radius 1 is 1.44 bits per heavy atom. The van der Waals surface area contributed by atoms with Crippen LogP contribution in [0.4, 0.5) is 0 Å². The van der Waals surface area contributed by atoms with Crippen LogP contribution in [-0.4, -0.2) is 23.3 Å². The van der Waals surface area contributed by atoms with Crippen molar-refractivity contribution in [1.82, 2.24) is 0 Å². The van der Waals surface area contributed by atoms with Gasteiger partial charge in [-0.2, -0.15) is 0 Å². The second-order valence-corrected chi connectivity index (χ2v) is 4.36. The fourth-order valence-electron chi connectivity index (χ4n) is 1.45. The molecule has 1 rings (SSSR count). The minimum atomic E-state index is -0.888. The molecule has 88 valence electrons. The number of aromatic hydroxyl groups is 1. The summed E-state index contributed by atoms with van der Waals surface area (Å²) in [5.74, 6) is -0.179. The van der Waals surface area contributed by atoms with Gasteiger partial charge in [-0.3, -0.25) is 4.79 Å². The Kier molecular flexibility index (Phi) is 3.42. The van der Waals surface area contributed by atoms with Crippen molar-refractivity contribution >= 4 is 5.97 Å². The van der Waals surface area contributed by atoms with E-state index in [-0.39, 0.29) is 5.75 Å². The predicted octanol–water partition coefficient (Wildman–Crippen LogP) is 2.05. The molecule has 0 radical (unpaired) electrons. The van der Waals surface area contributed by atoms with Crippen LogP contribution in [0.3, 0.4) is 0 Å². The molecule has 2 N–H and O–H groups in total.